The Morgan fingerprint density at radius 3 is 2.49 bits per heavy atom. The number of rotatable bonds is 7. The third-order valence-corrected chi connectivity index (χ3v) is 7.71. The van der Waals surface area contributed by atoms with Gasteiger partial charge in [-0.15, -0.1) is 0 Å². The molecule has 2 atom stereocenters. The molecule has 1 amide bonds. The lowest BCUT2D eigenvalue weighted by Gasteiger charge is -2.22. The fourth-order valence-electron chi connectivity index (χ4n) is 5.60. The molecule has 0 saturated carbocycles. The zero-order valence-corrected chi connectivity index (χ0v) is 22.2. The molecule has 7 nitrogen and oxygen atoms in total. The van der Waals surface area contributed by atoms with E-state index < -0.39 is 23.8 Å². The first-order valence-electron chi connectivity index (χ1n) is 13.6. The second-order valence-electron chi connectivity index (χ2n) is 10.5. The van der Waals surface area contributed by atoms with E-state index in [1.807, 2.05) is 18.3 Å². The quantitative estimate of drug-likeness (QED) is 0.283. The summed E-state index contributed by atoms with van der Waals surface area (Å²) in [5.74, 6) is -0.668. The molecule has 9 heteroatoms. The molecule has 0 spiro atoms. The molecular weight excluding hydrogens is 524 g/mol. The van der Waals surface area contributed by atoms with Crippen LogP contribution in [0.15, 0.2) is 84.1 Å². The molecule has 4 heterocycles. The lowest BCUT2D eigenvalue weighted by atomic mass is 9.95. The van der Waals surface area contributed by atoms with Gasteiger partial charge in [0.1, 0.15) is 23.9 Å². The van der Waals surface area contributed by atoms with Gasteiger partial charge in [0.25, 0.3) is 5.91 Å². The van der Waals surface area contributed by atoms with Gasteiger partial charge < -0.3 is 20.9 Å². The highest BCUT2D eigenvalue weighted by Crippen LogP contribution is 2.35. The Balaban J connectivity index is 1.25. The number of nitrogen functional groups attached to an aromatic ring is 1. The van der Waals surface area contributed by atoms with Crippen molar-refractivity contribution in [3.63, 3.8) is 0 Å². The molecule has 41 heavy (non-hydrogen) atoms. The van der Waals surface area contributed by atoms with Gasteiger partial charge in [0.15, 0.2) is 0 Å². The number of aryl methyl sites for hydroxylation is 1. The third-order valence-electron chi connectivity index (χ3n) is 7.71. The fourth-order valence-corrected chi connectivity index (χ4v) is 5.60. The van der Waals surface area contributed by atoms with Gasteiger partial charge in [-0.1, -0.05) is 30.3 Å². The van der Waals surface area contributed by atoms with Crippen LogP contribution in [0.3, 0.4) is 0 Å². The number of hydrogen-bond donors (Lipinski definition) is 3. The van der Waals surface area contributed by atoms with Crippen molar-refractivity contribution in [1.29, 1.82) is 0 Å². The van der Waals surface area contributed by atoms with Crippen LogP contribution < -0.4 is 21.8 Å². The van der Waals surface area contributed by atoms with E-state index in [-0.39, 0.29) is 17.7 Å². The van der Waals surface area contributed by atoms with E-state index in [1.165, 1.54) is 53.2 Å². The summed E-state index contributed by atoms with van der Waals surface area (Å²) in [5, 5.41) is 6.36. The molecule has 1 fully saturated rings. The van der Waals surface area contributed by atoms with Crippen molar-refractivity contribution in [2.24, 2.45) is 0 Å². The normalized spacial score (nSPS) is 17.8. The van der Waals surface area contributed by atoms with Crippen LogP contribution in [0.5, 0.6) is 0 Å². The topological polar surface area (TPSA) is 102 Å². The third kappa shape index (κ3) is 5.53. The van der Waals surface area contributed by atoms with E-state index in [4.69, 9.17) is 5.73 Å². The molecule has 2 unspecified atom stereocenters. The van der Waals surface area contributed by atoms with Gasteiger partial charge in [0.05, 0.1) is 6.54 Å². The maximum atomic E-state index is 13.4. The highest BCUT2D eigenvalue weighted by Gasteiger charge is 2.28. The Bertz CT molecular complexity index is 1700. The molecule has 6 rings (SSSR count). The summed E-state index contributed by atoms with van der Waals surface area (Å²) in [6, 6.07) is 15.5. The molecule has 2 bridgehead atoms. The van der Waals surface area contributed by atoms with Crippen LogP contribution in [0.2, 0.25) is 0 Å². The van der Waals surface area contributed by atoms with Crippen molar-refractivity contribution in [2.45, 2.75) is 37.9 Å². The number of amides is 1. The molecule has 4 aromatic rings. The Labute approximate surface area is 235 Å². The zero-order chi connectivity index (χ0) is 28.5. The summed E-state index contributed by atoms with van der Waals surface area (Å²) in [6.07, 6.45) is 10.2. The summed E-state index contributed by atoms with van der Waals surface area (Å²) < 4.78 is 28.0. The highest BCUT2D eigenvalue weighted by atomic mass is 19.1. The first kappa shape index (κ1) is 26.6. The van der Waals surface area contributed by atoms with E-state index >= 15 is 0 Å². The number of anilines is 2. The summed E-state index contributed by atoms with van der Waals surface area (Å²) in [6.45, 7) is -0.713. The number of pyridine rings is 2. The summed E-state index contributed by atoms with van der Waals surface area (Å²) >= 11 is 0. The molecule has 2 aliphatic heterocycles. The number of carbonyl (C=O) groups is 1. The minimum absolute atomic E-state index is 0.0350. The number of benzene rings is 2. The smallest absolute Gasteiger partial charge is 0.261 e. The van der Waals surface area contributed by atoms with Gasteiger partial charge in [-0.25, -0.2) is 13.8 Å². The highest BCUT2D eigenvalue weighted by molar-refractivity contribution is 6.04. The Hall–Kier alpha value is -4.63. The number of fused-ring (bicyclic) bond motifs is 2. The van der Waals surface area contributed by atoms with Crippen LogP contribution in [-0.4, -0.2) is 34.2 Å². The van der Waals surface area contributed by atoms with Crippen molar-refractivity contribution in [3.8, 4) is 22.3 Å². The average Bonchev–Trinajstić information content (AvgIpc) is 3.32. The minimum atomic E-state index is -0.678. The fraction of sp³-hybridized carbons (Fsp3) is 0.219. The van der Waals surface area contributed by atoms with Crippen LogP contribution >= 0.6 is 0 Å². The summed E-state index contributed by atoms with van der Waals surface area (Å²) in [5.41, 5.74) is 10.6. The van der Waals surface area contributed by atoms with Crippen molar-refractivity contribution in [2.75, 3.05) is 17.7 Å². The largest absolute Gasteiger partial charge is 0.383 e. The second kappa shape index (κ2) is 11.1. The molecular formula is C32H29F2N5O2. The lowest BCUT2D eigenvalue weighted by molar-refractivity contribution is 0.102. The number of halogens is 2. The maximum Gasteiger partial charge on any atom is 0.261 e. The number of nitrogens with one attached hydrogen (secondary N) is 2. The zero-order valence-electron chi connectivity index (χ0n) is 22.2. The van der Waals surface area contributed by atoms with Gasteiger partial charge in [-0.2, -0.15) is 0 Å². The van der Waals surface area contributed by atoms with E-state index in [0.29, 0.717) is 29.2 Å². The maximum absolute atomic E-state index is 13.4. The van der Waals surface area contributed by atoms with E-state index in [9.17, 15) is 18.4 Å². The van der Waals surface area contributed by atoms with Gasteiger partial charge in [0, 0.05) is 47.5 Å². The number of hydrogen-bond acceptors (Lipinski definition) is 5. The predicted molar refractivity (Wildman–Crippen MR) is 157 cm³/mol. The predicted octanol–water partition coefficient (Wildman–Crippen LogP) is 5.43. The molecule has 1 saturated heterocycles. The molecule has 0 aliphatic carbocycles. The first-order valence-corrected chi connectivity index (χ1v) is 13.6. The molecule has 4 N–H and O–H groups in total. The number of alkyl halides is 1. The summed E-state index contributed by atoms with van der Waals surface area (Å²) in [7, 11) is 0. The number of nitrogens with two attached hydrogens (primary N) is 1. The Morgan fingerprint density at radius 2 is 1.76 bits per heavy atom. The summed E-state index contributed by atoms with van der Waals surface area (Å²) in [4.78, 5) is 30.9. The minimum Gasteiger partial charge on any atom is -0.383 e. The SMILES string of the molecule is Nc1ncc(C2=CC3CCC(C2)N3)cc1-c1ccc(NC(=O)c2cn(CCF)cc(-c3ccc(F)cc3)c2=O)cc1. The lowest BCUT2D eigenvalue weighted by Crippen LogP contribution is -2.31. The van der Waals surface area contributed by atoms with Crippen LogP contribution in [0.25, 0.3) is 27.8 Å². The van der Waals surface area contributed by atoms with Crippen molar-refractivity contribution in [3.05, 3.63) is 106 Å². The number of carbonyl (C=O) groups excluding carboxylic acids is 1. The van der Waals surface area contributed by atoms with Gasteiger partial charge in [0.2, 0.25) is 5.43 Å². The first-order chi connectivity index (χ1) is 19.9. The van der Waals surface area contributed by atoms with Crippen LogP contribution in [0.4, 0.5) is 20.3 Å². The average molecular weight is 554 g/mol. The van der Waals surface area contributed by atoms with Crippen molar-refractivity contribution < 1.29 is 13.6 Å². The molecule has 2 aromatic heterocycles. The second-order valence-corrected chi connectivity index (χ2v) is 10.5. The standard InChI is InChI=1S/C32H29F2N5O2/c33-11-12-39-17-28(20-1-5-23(34)6-2-20)30(40)29(18-39)32(41)38-24-7-3-19(4-8-24)27-15-22(16-36-31(27)35)21-13-25-9-10-26(14-21)37-25/h1-8,13,15-18,25-26,37H,9-12,14H2,(H2,35,36)(H,38,41). The van der Waals surface area contributed by atoms with Crippen LogP contribution in [-0.2, 0) is 6.54 Å². The van der Waals surface area contributed by atoms with Gasteiger partial charge in [-0.3, -0.25) is 9.59 Å². The van der Waals surface area contributed by atoms with Crippen molar-refractivity contribution in [1.82, 2.24) is 14.9 Å². The monoisotopic (exact) mass is 553 g/mol. The van der Waals surface area contributed by atoms with Gasteiger partial charge in [-0.05, 0) is 71.9 Å². The van der Waals surface area contributed by atoms with Crippen LogP contribution in [0.1, 0.15) is 35.2 Å². The van der Waals surface area contributed by atoms with Gasteiger partial charge >= 0.3 is 0 Å². The molecule has 2 aromatic carbocycles. The molecule has 0 radical (unpaired) electrons. The molecule has 208 valence electrons. The van der Waals surface area contributed by atoms with E-state index in [0.717, 1.165) is 29.5 Å². The Kier molecular flexibility index (Phi) is 7.19. The molecule has 2 aliphatic rings. The van der Waals surface area contributed by atoms with Crippen LogP contribution in [0, 0.1) is 5.82 Å². The van der Waals surface area contributed by atoms with E-state index in [2.05, 4.69) is 27.8 Å². The van der Waals surface area contributed by atoms with Crippen molar-refractivity contribution >= 4 is 23.0 Å². The Morgan fingerprint density at radius 1 is 1.02 bits per heavy atom. The number of aromatic nitrogens is 2. The van der Waals surface area contributed by atoms with E-state index in [1.54, 1.807) is 12.1 Å². The number of nitrogens with zero attached hydrogens (tertiary/aromatic N) is 2.